The maximum Gasteiger partial charge on any atom is 0.298 e. The normalized spacial score (nSPS) is 18.3. The van der Waals surface area contributed by atoms with Crippen molar-refractivity contribution >= 4 is 17.1 Å². The van der Waals surface area contributed by atoms with E-state index in [1.807, 2.05) is 30.7 Å². The van der Waals surface area contributed by atoms with Crippen LogP contribution in [0.4, 0.5) is 5.95 Å². The highest BCUT2D eigenvalue weighted by atomic mass is 16.5. The van der Waals surface area contributed by atoms with Gasteiger partial charge < -0.3 is 15.4 Å². The van der Waals surface area contributed by atoms with Crippen molar-refractivity contribution in [1.29, 1.82) is 0 Å². The molecule has 5 rings (SSSR count). The van der Waals surface area contributed by atoms with Gasteiger partial charge in [-0.25, -0.2) is 15.0 Å². The van der Waals surface area contributed by atoms with Gasteiger partial charge in [0.25, 0.3) is 6.01 Å². The molecule has 5 heterocycles. The standard InChI is InChI=1S/C26H36N8O/c1-3-15-35-26-31-23-5-4-10-28-24(23)34(26)22-8-13-33(14-9-22)19(2)21-6-11-32(12-7-21)18-20-16-29-25(27)30-17-20/h4-5,10,16-17,21-22H,2-3,6-9,11-15,18H2,1H3,(H2,27,29,30). The second-order valence-corrected chi connectivity index (χ2v) is 9.67. The molecule has 0 bridgehead atoms. The number of hydrogen-bond acceptors (Lipinski definition) is 8. The zero-order valence-corrected chi connectivity index (χ0v) is 20.6. The average molecular weight is 477 g/mol. The van der Waals surface area contributed by atoms with Crippen molar-refractivity contribution in [3.8, 4) is 6.01 Å². The minimum Gasteiger partial charge on any atom is -0.465 e. The molecule has 0 aromatic carbocycles. The molecule has 2 aliphatic rings. The summed E-state index contributed by atoms with van der Waals surface area (Å²) < 4.78 is 8.24. The Hall–Kier alpha value is -3.20. The predicted molar refractivity (Wildman–Crippen MR) is 137 cm³/mol. The molecular weight excluding hydrogens is 440 g/mol. The van der Waals surface area contributed by atoms with Crippen LogP contribution in [-0.2, 0) is 6.54 Å². The minimum absolute atomic E-state index is 0.328. The molecule has 2 N–H and O–H groups in total. The predicted octanol–water partition coefficient (Wildman–Crippen LogP) is 3.66. The molecule has 9 heteroatoms. The lowest BCUT2D eigenvalue weighted by atomic mass is 9.91. The zero-order valence-electron chi connectivity index (χ0n) is 20.6. The van der Waals surface area contributed by atoms with Crippen LogP contribution in [0.5, 0.6) is 6.01 Å². The summed E-state index contributed by atoms with van der Waals surface area (Å²) >= 11 is 0. The number of fused-ring (bicyclic) bond motifs is 1. The first-order chi connectivity index (χ1) is 17.1. The Morgan fingerprint density at radius 1 is 1.09 bits per heavy atom. The number of pyridine rings is 1. The highest BCUT2D eigenvalue weighted by Crippen LogP contribution is 2.34. The maximum atomic E-state index is 6.01. The number of ether oxygens (including phenoxy) is 1. The molecule has 0 radical (unpaired) electrons. The van der Waals surface area contributed by atoms with Crippen LogP contribution in [0.1, 0.15) is 50.6 Å². The zero-order chi connectivity index (χ0) is 24.2. The van der Waals surface area contributed by atoms with Gasteiger partial charge in [0.1, 0.15) is 5.52 Å². The number of aromatic nitrogens is 5. The van der Waals surface area contributed by atoms with Crippen LogP contribution in [0.25, 0.3) is 11.2 Å². The lowest BCUT2D eigenvalue weighted by Gasteiger charge is -2.40. The minimum atomic E-state index is 0.328. The summed E-state index contributed by atoms with van der Waals surface area (Å²) in [6.07, 6.45) is 10.8. The van der Waals surface area contributed by atoms with Gasteiger partial charge >= 0.3 is 0 Å². The first kappa shape index (κ1) is 23.5. The van der Waals surface area contributed by atoms with E-state index in [1.165, 1.54) is 5.70 Å². The number of hydrogen-bond donors (Lipinski definition) is 1. The Bertz CT molecular complexity index is 1130. The summed E-state index contributed by atoms with van der Waals surface area (Å²) in [6.45, 7) is 12.3. The number of anilines is 1. The van der Waals surface area contributed by atoms with Crippen LogP contribution in [0.3, 0.4) is 0 Å². The monoisotopic (exact) mass is 476 g/mol. The van der Waals surface area contributed by atoms with Crippen molar-refractivity contribution in [3.63, 3.8) is 0 Å². The van der Waals surface area contributed by atoms with E-state index in [1.54, 1.807) is 0 Å². The molecule has 2 fully saturated rings. The number of rotatable bonds is 8. The number of imidazole rings is 1. The van der Waals surface area contributed by atoms with Crippen molar-refractivity contribution in [2.24, 2.45) is 5.92 Å². The Morgan fingerprint density at radius 2 is 1.83 bits per heavy atom. The second-order valence-electron chi connectivity index (χ2n) is 9.67. The first-order valence-corrected chi connectivity index (χ1v) is 12.8. The van der Waals surface area contributed by atoms with Gasteiger partial charge in [-0.15, -0.1) is 0 Å². The highest BCUT2D eigenvalue weighted by Gasteiger charge is 2.30. The van der Waals surface area contributed by atoms with Crippen LogP contribution in [-0.4, -0.2) is 67.1 Å². The van der Waals surface area contributed by atoms with Gasteiger partial charge in [0, 0.05) is 61.4 Å². The molecule has 0 atom stereocenters. The smallest absolute Gasteiger partial charge is 0.298 e. The lowest BCUT2D eigenvalue weighted by Crippen LogP contribution is -2.40. The molecule has 0 amide bonds. The Balaban J connectivity index is 1.16. The van der Waals surface area contributed by atoms with Gasteiger partial charge in [0.2, 0.25) is 5.95 Å². The molecule has 2 aliphatic heterocycles. The topological polar surface area (TPSA) is 98.2 Å². The van der Waals surface area contributed by atoms with Crippen LogP contribution >= 0.6 is 0 Å². The molecule has 0 unspecified atom stereocenters. The summed E-state index contributed by atoms with van der Waals surface area (Å²) in [4.78, 5) is 22.5. The van der Waals surface area contributed by atoms with E-state index < -0.39 is 0 Å². The summed E-state index contributed by atoms with van der Waals surface area (Å²) in [5, 5.41) is 0. The fraction of sp³-hybridized carbons (Fsp3) is 0.538. The molecule has 2 saturated heterocycles. The van der Waals surface area contributed by atoms with Crippen molar-refractivity contribution in [3.05, 3.63) is 48.6 Å². The number of likely N-dealkylation sites (tertiary alicyclic amines) is 2. The second kappa shape index (κ2) is 10.6. The van der Waals surface area contributed by atoms with Crippen molar-refractivity contribution in [2.75, 3.05) is 38.5 Å². The molecule has 0 spiro atoms. The quantitative estimate of drug-likeness (QED) is 0.526. The SMILES string of the molecule is C=C(C1CCN(Cc2cnc(N)nc2)CC1)N1CCC(n2c(OCCC)nc3cccnc32)CC1. The molecule has 35 heavy (non-hydrogen) atoms. The lowest BCUT2D eigenvalue weighted by molar-refractivity contribution is 0.151. The highest BCUT2D eigenvalue weighted by molar-refractivity contribution is 5.72. The fourth-order valence-electron chi connectivity index (χ4n) is 5.33. The summed E-state index contributed by atoms with van der Waals surface area (Å²) in [5.41, 5.74) is 9.85. The third-order valence-electron chi connectivity index (χ3n) is 7.28. The first-order valence-electron chi connectivity index (χ1n) is 12.8. The fourth-order valence-corrected chi connectivity index (χ4v) is 5.33. The third kappa shape index (κ3) is 5.24. The number of piperidine rings is 2. The largest absolute Gasteiger partial charge is 0.465 e. The van der Waals surface area contributed by atoms with Crippen molar-refractivity contribution < 1.29 is 4.74 Å². The molecule has 186 valence electrons. The summed E-state index contributed by atoms with van der Waals surface area (Å²) in [6, 6.07) is 5.00. The van der Waals surface area contributed by atoms with E-state index in [0.717, 1.165) is 81.6 Å². The van der Waals surface area contributed by atoms with E-state index >= 15 is 0 Å². The van der Waals surface area contributed by atoms with Gasteiger partial charge in [-0.2, -0.15) is 4.98 Å². The number of nitrogens with two attached hydrogens (primary N) is 1. The van der Waals surface area contributed by atoms with Crippen molar-refractivity contribution in [1.82, 2.24) is 34.3 Å². The van der Waals surface area contributed by atoms with E-state index in [4.69, 9.17) is 15.5 Å². The number of nitrogen functional groups attached to an aromatic ring is 1. The van der Waals surface area contributed by atoms with E-state index in [2.05, 4.69) is 42.8 Å². The number of nitrogens with zero attached hydrogens (tertiary/aromatic N) is 7. The van der Waals surface area contributed by atoms with Crippen LogP contribution in [0.15, 0.2) is 43.0 Å². The van der Waals surface area contributed by atoms with Gasteiger partial charge in [-0.1, -0.05) is 13.5 Å². The van der Waals surface area contributed by atoms with Gasteiger partial charge in [0.05, 0.1) is 6.61 Å². The van der Waals surface area contributed by atoms with Crippen LogP contribution in [0, 0.1) is 5.92 Å². The van der Waals surface area contributed by atoms with Gasteiger partial charge in [-0.05, 0) is 57.3 Å². The molecule has 0 aliphatic carbocycles. The summed E-state index contributed by atoms with van der Waals surface area (Å²) in [7, 11) is 0. The van der Waals surface area contributed by atoms with Gasteiger partial charge in [-0.3, -0.25) is 9.47 Å². The molecular formula is C26H36N8O. The molecule has 3 aromatic rings. The Kier molecular flexibility index (Phi) is 7.13. The van der Waals surface area contributed by atoms with E-state index in [-0.39, 0.29) is 0 Å². The molecule has 3 aromatic heterocycles. The maximum absolute atomic E-state index is 6.01. The molecule has 9 nitrogen and oxygen atoms in total. The van der Waals surface area contributed by atoms with E-state index in [0.29, 0.717) is 30.5 Å². The average Bonchev–Trinajstić information content (AvgIpc) is 3.27. The van der Waals surface area contributed by atoms with Crippen LogP contribution < -0.4 is 10.5 Å². The van der Waals surface area contributed by atoms with Crippen LogP contribution in [0.2, 0.25) is 0 Å². The van der Waals surface area contributed by atoms with Gasteiger partial charge in [0.15, 0.2) is 5.65 Å². The number of allylic oxidation sites excluding steroid dienone is 1. The Labute approximate surface area is 207 Å². The Morgan fingerprint density at radius 3 is 2.54 bits per heavy atom. The summed E-state index contributed by atoms with van der Waals surface area (Å²) in [5.74, 6) is 0.874. The van der Waals surface area contributed by atoms with E-state index in [9.17, 15) is 0 Å². The van der Waals surface area contributed by atoms with Crippen molar-refractivity contribution in [2.45, 2.75) is 51.6 Å². The third-order valence-corrected chi connectivity index (χ3v) is 7.28. The molecule has 0 saturated carbocycles.